The van der Waals surface area contributed by atoms with Crippen molar-refractivity contribution in [1.29, 1.82) is 0 Å². The van der Waals surface area contributed by atoms with Gasteiger partial charge in [0, 0.05) is 6.20 Å². The second-order valence-electron chi connectivity index (χ2n) is 4.61. The maximum Gasteiger partial charge on any atom is 0.263 e. The fraction of sp³-hybridized carbons (Fsp3) is 0.250. The van der Waals surface area contributed by atoms with Gasteiger partial charge in [-0.3, -0.25) is 4.79 Å². The average Bonchev–Trinajstić information content (AvgIpc) is 2.47. The Bertz CT molecular complexity index is 621. The van der Waals surface area contributed by atoms with Crippen molar-refractivity contribution in [3.8, 4) is 11.5 Å². The van der Waals surface area contributed by atoms with E-state index in [1.165, 1.54) is 7.11 Å². The van der Waals surface area contributed by atoms with Gasteiger partial charge < -0.3 is 14.8 Å². The zero-order valence-electron chi connectivity index (χ0n) is 12.3. The first-order valence-electron chi connectivity index (χ1n) is 6.59. The number of hydrogen-bond acceptors (Lipinski definition) is 4. The quantitative estimate of drug-likeness (QED) is 0.918. The van der Waals surface area contributed by atoms with Gasteiger partial charge in [-0.15, -0.1) is 0 Å². The molecule has 0 unspecified atom stereocenters. The first kappa shape index (κ1) is 14.8. The molecule has 21 heavy (non-hydrogen) atoms. The van der Waals surface area contributed by atoms with Gasteiger partial charge in [-0.1, -0.05) is 18.2 Å². The number of ether oxygens (including phenoxy) is 2. The van der Waals surface area contributed by atoms with Crippen LogP contribution >= 0.6 is 0 Å². The Morgan fingerprint density at radius 3 is 2.57 bits per heavy atom. The number of rotatable bonds is 5. The van der Waals surface area contributed by atoms with Crippen LogP contribution in [0.4, 0.5) is 5.82 Å². The summed E-state index contributed by atoms with van der Waals surface area (Å²) < 4.78 is 10.7. The van der Waals surface area contributed by atoms with E-state index >= 15 is 0 Å². The minimum Gasteiger partial charge on any atom is -0.493 e. The fourth-order valence-corrected chi connectivity index (χ4v) is 1.98. The second-order valence-corrected chi connectivity index (χ2v) is 4.61. The summed E-state index contributed by atoms with van der Waals surface area (Å²) in [5.41, 5.74) is 2.00. The number of carbonyl (C=O) groups excluding carboxylic acids is 1. The molecule has 2 aromatic rings. The van der Waals surface area contributed by atoms with Gasteiger partial charge in [0.25, 0.3) is 5.91 Å². The Kier molecular flexibility index (Phi) is 4.77. The number of aryl methyl sites for hydroxylation is 2. The molecule has 1 aromatic heterocycles. The maximum absolute atomic E-state index is 11.9. The zero-order chi connectivity index (χ0) is 15.2. The molecule has 1 aromatic carbocycles. The number of pyridine rings is 1. The number of nitrogens with zero attached hydrogens (tertiary/aromatic N) is 1. The van der Waals surface area contributed by atoms with Crippen molar-refractivity contribution in [3.05, 3.63) is 47.7 Å². The number of amides is 1. The SMILES string of the molecule is COc1cccnc1NC(=O)COc1c(C)cccc1C. The molecule has 0 atom stereocenters. The molecular weight excluding hydrogens is 268 g/mol. The molecule has 0 fully saturated rings. The van der Waals surface area contributed by atoms with Crippen LogP contribution in [0.2, 0.25) is 0 Å². The highest BCUT2D eigenvalue weighted by atomic mass is 16.5. The van der Waals surface area contributed by atoms with E-state index in [1.807, 2.05) is 32.0 Å². The molecule has 1 heterocycles. The summed E-state index contributed by atoms with van der Waals surface area (Å²) in [5.74, 6) is 1.35. The van der Waals surface area contributed by atoms with E-state index in [2.05, 4.69) is 10.3 Å². The molecule has 0 bridgehead atoms. The number of nitrogens with one attached hydrogen (secondary N) is 1. The molecule has 1 amide bonds. The maximum atomic E-state index is 11.9. The Morgan fingerprint density at radius 2 is 1.90 bits per heavy atom. The summed E-state index contributed by atoms with van der Waals surface area (Å²) in [6, 6.07) is 9.32. The number of benzene rings is 1. The first-order valence-corrected chi connectivity index (χ1v) is 6.59. The smallest absolute Gasteiger partial charge is 0.263 e. The third-order valence-electron chi connectivity index (χ3n) is 3.00. The van der Waals surface area contributed by atoms with Gasteiger partial charge in [-0.05, 0) is 37.1 Å². The summed E-state index contributed by atoms with van der Waals surface area (Å²) in [4.78, 5) is 16.0. The predicted molar refractivity (Wildman–Crippen MR) is 80.8 cm³/mol. The van der Waals surface area contributed by atoms with Gasteiger partial charge in [0.15, 0.2) is 18.2 Å². The lowest BCUT2D eigenvalue weighted by Crippen LogP contribution is -2.21. The molecule has 0 radical (unpaired) electrons. The molecule has 0 aliphatic carbocycles. The van der Waals surface area contributed by atoms with Gasteiger partial charge in [0.1, 0.15) is 5.75 Å². The number of aromatic nitrogens is 1. The molecular formula is C16H18N2O3. The van der Waals surface area contributed by atoms with E-state index in [0.717, 1.165) is 16.9 Å². The molecule has 0 aliphatic rings. The fourth-order valence-electron chi connectivity index (χ4n) is 1.98. The Hall–Kier alpha value is -2.56. The van der Waals surface area contributed by atoms with Crippen molar-refractivity contribution >= 4 is 11.7 Å². The number of para-hydroxylation sites is 1. The summed E-state index contributed by atoms with van der Waals surface area (Å²) in [7, 11) is 1.53. The van der Waals surface area contributed by atoms with E-state index in [-0.39, 0.29) is 12.5 Å². The molecule has 110 valence electrons. The van der Waals surface area contributed by atoms with E-state index in [4.69, 9.17) is 9.47 Å². The van der Waals surface area contributed by atoms with Crippen LogP contribution < -0.4 is 14.8 Å². The molecule has 0 aliphatic heterocycles. The molecule has 5 heteroatoms. The number of anilines is 1. The third-order valence-corrected chi connectivity index (χ3v) is 3.00. The number of hydrogen-bond donors (Lipinski definition) is 1. The highest BCUT2D eigenvalue weighted by Gasteiger charge is 2.10. The molecule has 0 spiro atoms. The third kappa shape index (κ3) is 3.72. The van der Waals surface area contributed by atoms with Gasteiger partial charge in [-0.25, -0.2) is 4.98 Å². The highest BCUT2D eigenvalue weighted by molar-refractivity contribution is 5.92. The van der Waals surface area contributed by atoms with Gasteiger partial charge >= 0.3 is 0 Å². The average molecular weight is 286 g/mol. The summed E-state index contributed by atoms with van der Waals surface area (Å²) >= 11 is 0. The van der Waals surface area contributed by atoms with Crippen molar-refractivity contribution < 1.29 is 14.3 Å². The van der Waals surface area contributed by atoms with Crippen LogP contribution in [0, 0.1) is 13.8 Å². The normalized spacial score (nSPS) is 10.0. The van der Waals surface area contributed by atoms with Crippen LogP contribution in [0.25, 0.3) is 0 Å². The highest BCUT2D eigenvalue weighted by Crippen LogP contribution is 2.23. The molecule has 1 N–H and O–H groups in total. The number of carbonyl (C=O) groups is 1. The van der Waals surface area contributed by atoms with E-state index in [0.29, 0.717) is 11.6 Å². The van der Waals surface area contributed by atoms with Gasteiger partial charge in [-0.2, -0.15) is 0 Å². The van der Waals surface area contributed by atoms with Crippen molar-refractivity contribution in [3.63, 3.8) is 0 Å². The minimum atomic E-state index is -0.283. The second kappa shape index (κ2) is 6.74. The van der Waals surface area contributed by atoms with Crippen LogP contribution in [0.1, 0.15) is 11.1 Å². The van der Waals surface area contributed by atoms with Crippen molar-refractivity contribution in [2.45, 2.75) is 13.8 Å². The molecule has 5 nitrogen and oxygen atoms in total. The first-order chi connectivity index (χ1) is 10.1. The largest absolute Gasteiger partial charge is 0.493 e. The Balaban J connectivity index is 1.99. The minimum absolute atomic E-state index is 0.0780. The summed E-state index contributed by atoms with van der Waals surface area (Å²) in [6.45, 7) is 3.81. The number of methoxy groups -OCH3 is 1. The van der Waals surface area contributed by atoms with Crippen molar-refractivity contribution in [1.82, 2.24) is 4.98 Å². The topological polar surface area (TPSA) is 60.5 Å². The van der Waals surface area contributed by atoms with Crippen LogP contribution in [0.5, 0.6) is 11.5 Å². The summed E-state index contributed by atoms with van der Waals surface area (Å²) in [6.07, 6.45) is 1.59. The van der Waals surface area contributed by atoms with Gasteiger partial charge in [0.2, 0.25) is 0 Å². The Labute approximate surface area is 123 Å². The van der Waals surface area contributed by atoms with Crippen LogP contribution in [0.3, 0.4) is 0 Å². The predicted octanol–water partition coefficient (Wildman–Crippen LogP) is 2.72. The lowest BCUT2D eigenvalue weighted by molar-refractivity contribution is -0.118. The molecule has 0 saturated carbocycles. The van der Waals surface area contributed by atoms with Crippen LogP contribution in [-0.2, 0) is 4.79 Å². The van der Waals surface area contributed by atoms with E-state index < -0.39 is 0 Å². The van der Waals surface area contributed by atoms with E-state index in [1.54, 1.807) is 18.3 Å². The Morgan fingerprint density at radius 1 is 1.19 bits per heavy atom. The standard InChI is InChI=1S/C16H18N2O3/c1-11-6-4-7-12(2)15(11)21-10-14(19)18-16-13(20-3)8-5-9-17-16/h4-9H,10H2,1-3H3,(H,17,18,19). The molecule has 0 saturated heterocycles. The van der Waals surface area contributed by atoms with Crippen LogP contribution in [-0.4, -0.2) is 24.6 Å². The monoisotopic (exact) mass is 286 g/mol. The lowest BCUT2D eigenvalue weighted by Gasteiger charge is -2.12. The van der Waals surface area contributed by atoms with E-state index in [9.17, 15) is 4.79 Å². The summed E-state index contributed by atoms with van der Waals surface area (Å²) in [5, 5.41) is 2.67. The lowest BCUT2D eigenvalue weighted by atomic mass is 10.1. The van der Waals surface area contributed by atoms with Crippen molar-refractivity contribution in [2.75, 3.05) is 19.0 Å². The van der Waals surface area contributed by atoms with Gasteiger partial charge in [0.05, 0.1) is 7.11 Å². The van der Waals surface area contributed by atoms with Crippen LogP contribution in [0.15, 0.2) is 36.5 Å². The zero-order valence-corrected chi connectivity index (χ0v) is 12.3. The van der Waals surface area contributed by atoms with Crippen molar-refractivity contribution in [2.24, 2.45) is 0 Å². The molecule has 2 rings (SSSR count).